The normalized spacial score (nSPS) is 14.4. The lowest BCUT2D eigenvalue weighted by molar-refractivity contribution is -0.137. The van der Waals surface area contributed by atoms with E-state index in [0.717, 1.165) is 35.5 Å². The number of anilines is 1. The van der Waals surface area contributed by atoms with Gasteiger partial charge in [0, 0.05) is 38.2 Å². The van der Waals surface area contributed by atoms with Crippen LogP contribution in [0.1, 0.15) is 47.7 Å². The van der Waals surface area contributed by atoms with Crippen LogP contribution in [0.25, 0.3) is 16.7 Å². The Morgan fingerprint density at radius 3 is 2.20 bits per heavy atom. The Bertz CT molecular complexity index is 1510. The van der Waals surface area contributed by atoms with Gasteiger partial charge in [-0.15, -0.1) is 0 Å². The number of aromatic nitrogens is 4. The van der Waals surface area contributed by atoms with Crippen LogP contribution in [0.15, 0.2) is 48.5 Å². The van der Waals surface area contributed by atoms with Crippen molar-refractivity contribution in [2.24, 2.45) is 5.92 Å². The predicted octanol–water partition coefficient (Wildman–Crippen LogP) is 5.83. The topological polar surface area (TPSA) is 67.2 Å². The van der Waals surface area contributed by atoms with Crippen LogP contribution in [-0.2, 0) is 12.6 Å². The molecule has 0 atom stereocenters. The molecular weight excluding hydrogens is 524 g/mol. The molecule has 210 valence electrons. The maximum absolute atomic E-state index is 13.6. The third-order valence-electron chi connectivity index (χ3n) is 7.07. The first kappa shape index (κ1) is 27.5. The summed E-state index contributed by atoms with van der Waals surface area (Å²) in [6, 6.07) is 10.4. The van der Waals surface area contributed by atoms with Crippen molar-refractivity contribution < 1.29 is 22.4 Å². The van der Waals surface area contributed by atoms with E-state index in [-0.39, 0.29) is 17.3 Å². The largest absolute Gasteiger partial charge is 0.416 e. The highest BCUT2D eigenvalue weighted by atomic mass is 19.4. The molecule has 1 aliphatic rings. The van der Waals surface area contributed by atoms with E-state index < -0.39 is 11.7 Å². The molecule has 1 aliphatic heterocycles. The molecule has 7 nitrogen and oxygen atoms in total. The monoisotopic (exact) mass is 554 g/mol. The van der Waals surface area contributed by atoms with Gasteiger partial charge < -0.3 is 9.80 Å². The van der Waals surface area contributed by atoms with Gasteiger partial charge in [-0.2, -0.15) is 18.3 Å². The number of hydrogen-bond acceptors (Lipinski definition) is 5. The van der Waals surface area contributed by atoms with E-state index >= 15 is 0 Å². The summed E-state index contributed by atoms with van der Waals surface area (Å²) >= 11 is 0. The van der Waals surface area contributed by atoms with Crippen molar-refractivity contribution >= 4 is 22.8 Å². The van der Waals surface area contributed by atoms with Gasteiger partial charge in [-0.05, 0) is 67.8 Å². The molecule has 0 unspecified atom stereocenters. The van der Waals surface area contributed by atoms with Crippen LogP contribution < -0.4 is 4.90 Å². The lowest BCUT2D eigenvalue weighted by atomic mass is 10.1. The fourth-order valence-corrected chi connectivity index (χ4v) is 4.83. The Hall–Kier alpha value is -4.02. The zero-order valence-corrected chi connectivity index (χ0v) is 22.5. The van der Waals surface area contributed by atoms with Gasteiger partial charge in [0.2, 0.25) is 0 Å². The highest BCUT2D eigenvalue weighted by Crippen LogP contribution is 2.31. The summed E-state index contributed by atoms with van der Waals surface area (Å²) in [7, 11) is 0. The molecule has 40 heavy (non-hydrogen) atoms. The van der Waals surface area contributed by atoms with Gasteiger partial charge in [-0.3, -0.25) is 4.79 Å². The van der Waals surface area contributed by atoms with Crippen LogP contribution in [0.5, 0.6) is 0 Å². The molecule has 0 N–H and O–H groups in total. The molecule has 2 aromatic carbocycles. The van der Waals surface area contributed by atoms with Gasteiger partial charge in [-0.25, -0.2) is 19.0 Å². The summed E-state index contributed by atoms with van der Waals surface area (Å²) in [5.74, 6) is 1.23. The molecule has 1 saturated heterocycles. The molecular formula is C29H30F4N6O. The number of nitrogens with zero attached hydrogens (tertiary/aromatic N) is 6. The average Bonchev–Trinajstić information content (AvgIpc) is 3.27. The Morgan fingerprint density at radius 1 is 0.950 bits per heavy atom. The Balaban J connectivity index is 1.42. The van der Waals surface area contributed by atoms with Crippen molar-refractivity contribution in [2.45, 2.75) is 39.8 Å². The maximum atomic E-state index is 13.6. The van der Waals surface area contributed by atoms with Gasteiger partial charge in [-0.1, -0.05) is 13.8 Å². The number of hydrogen-bond donors (Lipinski definition) is 0. The fraction of sp³-hybridized carbons (Fsp3) is 0.379. The molecule has 4 aromatic rings. The molecule has 0 bridgehead atoms. The van der Waals surface area contributed by atoms with Crippen molar-refractivity contribution in [3.8, 4) is 5.69 Å². The van der Waals surface area contributed by atoms with Gasteiger partial charge >= 0.3 is 6.18 Å². The lowest BCUT2D eigenvalue weighted by Crippen LogP contribution is -2.49. The fourth-order valence-electron chi connectivity index (χ4n) is 4.83. The SMILES string of the molecule is Cc1nn(-c2ccc(F)cc2)c2nc(CCC(C)C)nc(N3CCN(C(=O)c4ccc(C(F)(F)F)cc4)CC3)c12. The van der Waals surface area contributed by atoms with Crippen LogP contribution in [0.3, 0.4) is 0 Å². The van der Waals surface area contributed by atoms with Gasteiger partial charge in [0.1, 0.15) is 17.5 Å². The number of alkyl halides is 3. The molecule has 1 amide bonds. The zero-order chi connectivity index (χ0) is 28.6. The van der Waals surface area contributed by atoms with E-state index in [9.17, 15) is 22.4 Å². The van der Waals surface area contributed by atoms with Gasteiger partial charge in [0.15, 0.2) is 5.65 Å². The molecule has 0 aliphatic carbocycles. The third kappa shape index (κ3) is 5.64. The molecule has 0 radical (unpaired) electrons. The molecule has 11 heteroatoms. The zero-order valence-electron chi connectivity index (χ0n) is 22.5. The molecule has 3 heterocycles. The molecule has 5 rings (SSSR count). The summed E-state index contributed by atoms with van der Waals surface area (Å²) in [4.78, 5) is 26.5. The van der Waals surface area contributed by atoms with Crippen molar-refractivity contribution in [1.29, 1.82) is 0 Å². The number of halogens is 4. The number of benzene rings is 2. The Morgan fingerprint density at radius 2 is 1.60 bits per heavy atom. The van der Waals surface area contributed by atoms with E-state index in [1.165, 1.54) is 24.3 Å². The molecule has 0 saturated carbocycles. The second kappa shape index (κ2) is 10.9. The van der Waals surface area contributed by atoms with E-state index in [4.69, 9.17) is 15.1 Å². The van der Waals surface area contributed by atoms with Crippen molar-refractivity contribution in [1.82, 2.24) is 24.6 Å². The Labute approximate surface area is 229 Å². The van der Waals surface area contributed by atoms with Crippen molar-refractivity contribution in [3.63, 3.8) is 0 Å². The average molecular weight is 555 g/mol. The third-order valence-corrected chi connectivity index (χ3v) is 7.07. The first-order valence-electron chi connectivity index (χ1n) is 13.2. The number of carbonyl (C=O) groups is 1. The number of aryl methyl sites for hydroxylation is 2. The number of piperazine rings is 1. The molecule has 2 aromatic heterocycles. The van der Waals surface area contributed by atoms with Crippen LogP contribution in [0.4, 0.5) is 23.4 Å². The minimum atomic E-state index is -4.45. The van der Waals surface area contributed by atoms with Crippen LogP contribution >= 0.6 is 0 Å². The van der Waals surface area contributed by atoms with Crippen LogP contribution in [0.2, 0.25) is 0 Å². The van der Waals surface area contributed by atoms with Crippen LogP contribution in [0, 0.1) is 18.7 Å². The highest BCUT2D eigenvalue weighted by Gasteiger charge is 2.31. The minimum Gasteiger partial charge on any atom is -0.352 e. The molecule has 0 spiro atoms. The van der Waals surface area contributed by atoms with Gasteiger partial charge in [0.05, 0.1) is 22.3 Å². The second-order valence-electron chi connectivity index (χ2n) is 10.4. The quantitative estimate of drug-likeness (QED) is 0.281. The second-order valence-corrected chi connectivity index (χ2v) is 10.4. The number of carbonyl (C=O) groups excluding carboxylic acids is 1. The highest BCUT2D eigenvalue weighted by molar-refractivity contribution is 5.95. The van der Waals surface area contributed by atoms with Crippen molar-refractivity contribution in [3.05, 3.63) is 77.0 Å². The first-order chi connectivity index (χ1) is 19.0. The summed E-state index contributed by atoms with van der Waals surface area (Å²) < 4.78 is 54.1. The van der Waals surface area contributed by atoms with Crippen molar-refractivity contribution in [2.75, 3.05) is 31.1 Å². The van der Waals surface area contributed by atoms with E-state index in [2.05, 4.69) is 18.7 Å². The predicted molar refractivity (Wildman–Crippen MR) is 144 cm³/mol. The van der Waals surface area contributed by atoms with E-state index in [1.54, 1.807) is 21.7 Å². The smallest absolute Gasteiger partial charge is 0.352 e. The van der Waals surface area contributed by atoms with E-state index in [1.807, 2.05) is 6.92 Å². The molecule has 1 fully saturated rings. The summed E-state index contributed by atoms with van der Waals surface area (Å²) in [6.45, 7) is 7.91. The lowest BCUT2D eigenvalue weighted by Gasteiger charge is -2.36. The number of fused-ring (bicyclic) bond motifs is 1. The summed E-state index contributed by atoms with van der Waals surface area (Å²) in [6.07, 6.45) is -2.86. The minimum absolute atomic E-state index is 0.221. The standard InChI is InChI=1S/C29H30F4N6O/c1-18(2)4-13-24-34-26(25-19(3)36-39(27(25)35-24)23-11-9-22(30)10-12-23)37-14-16-38(17-15-37)28(40)20-5-7-21(8-6-20)29(31,32)33/h5-12,18H,4,13-17H2,1-3H3. The maximum Gasteiger partial charge on any atom is 0.416 e. The number of rotatable bonds is 6. The number of amides is 1. The van der Waals surface area contributed by atoms with Crippen LogP contribution in [-0.4, -0.2) is 56.7 Å². The summed E-state index contributed by atoms with van der Waals surface area (Å²) in [5.41, 5.74) is 1.49. The van der Waals surface area contributed by atoms with Gasteiger partial charge in [0.25, 0.3) is 5.91 Å². The Kier molecular flexibility index (Phi) is 7.48. The summed E-state index contributed by atoms with van der Waals surface area (Å²) in [5, 5.41) is 5.50. The van der Waals surface area contributed by atoms with E-state index in [0.29, 0.717) is 55.7 Å². The first-order valence-corrected chi connectivity index (χ1v) is 13.2.